The van der Waals surface area contributed by atoms with Gasteiger partial charge in [-0.1, -0.05) is 13.8 Å². The van der Waals surface area contributed by atoms with Crippen LogP contribution in [-0.4, -0.2) is 62.8 Å². The average molecular weight is 328 g/mol. The third kappa shape index (κ3) is 3.59. The number of phenolic OH excluding ortho intramolecular Hbond substituents is 1. The SMILES string of the molecule is Cc1c(O)cc(C(C)C)cc1OC1O[C@H](CO)[C@@H](O)[C@H](O)[C@H]1O. The van der Waals surface area contributed by atoms with Crippen LogP contribution in [0.3, 0.4) is 0 Å². The van der Waals surface area contributed by atoms with Gasteiger partial charge in [-0.05, 0) is 30.5 Å². The summed E-state index contributed by atoms with van der Waals surface area (Å²) in [5, 5.41) is 48.8. The molecule has 0 spiro atoms. The number of benzene rings is 1. The van der Waals surface area contributed by atoms with Crippen molar-refractivity contribution in [3.05, 3.63) is 23.3 Å². The van der Waals surface area contributed by atoms with Gasteiger partial charge in [-0.2, -0.15) is 0 Å². The number of rotatable bonds is 4. The highest BCUT2D eigenvalue weighted by molar-refractivity contribution is 5.47. The zero-order valence-electron chi connectivity index (χ0n) is 13.4. The maximum Gasteiger partial charge on any atom is 0.229 e. The van der Waals surface area contributed by atoms with Gasteiger partial charge in [-0.25, -0.2) is 0 Å². The first-order valence-corrected chi connectivity index (χ1v) is 7.57. The summed E-state index contributed by atoms with van der Waals surface area (Å²) in [4.78, 5) is 0. The lowest BCUT2D eigenvalue weighted by Crippen LogP contribution is -2.60. The van der Waals surface area contributed by atoms with Gasteiger partial charge in [0.05, 0.1) is 6.61 Å². The van der Waals surface area contributed by atoms with Crippen LogP contribution in [0.25, 0.3) is 0 Å². The molecule has 2 rings (SSSR count). The first-order chi connectivity index (χ1) is 10.8. The Kier molecular flexibility index (Phi) is 5.49. The van der Waals surface area contributed by atoms with Gasteiger partial charge in [0.25, 0.3) is 0 Å². The standard InChI is InChI=1S/C16H24O7/c1-7(2)9-4-10(18)8(3)11(5-9)22-16-15(21)14(20)13(19)12(6-17)23-16/h4-5,7,12-21H,6H2,1-3H3/t12-,13-,14+,15-,16?/m1/s1. The monoisotopic (exact) mass is 328 g/mol. The van der Waals surface area contributed by atoms with E-state index in [-0.39, 0.29) is 11.7 Å². The van der Waals surface area contributed by atoms with Crippen molar-refractivity contribution in [2.45, 2.75) is 57.4 Å². The minimum atomic E-state index is -1.51. The Labute approximate surface area is 134 Å². The molecule has 1 unspecified atom stereocenters. The van der Waals surface area contributed by atoms with Gasteiger partial charge >= 0.3 is 0 Å². The number of aliphatic hydroxyl groups excluding tert-OH is 4. The first-order valence-electron chi connectivity index (χ1n) is 7.57. The van der Waals surface area contributed by atoms with Crippen molar-refractivity contribution in [3.8, 4) is 11.5 Å². The second kappa shape index (κ2) is 7.02. The molecule has 1 aromatic rings. The highest BCUT2D eigenvalue weighted by Crippen LogP contribution is 2.34. The minimum Gasteiger partial charge on any atom is -0.508 e. The summed E-state index contributed by atoms with van der Waals surface area (Å²) in [7, 11) is 0. The Morgan fingerprint density at radius 3 is 2.35 bits per heavy atom. The van der Waals surface area contributed by atoms with E-state index in [4.69, 9.17) is 9.47 Å². The van der Waals surface area contributed by atoms with E-state index in [1.165, 1.54) is 0 Å². The van der Waals surface area contributed by atoms with E-state index in [0.29, 0.717) is 11.3 Å². The second-order valence-electron chi connectivity index (χ2n) is 6.13. The fraction of sp³-hybridized carbons (Fsp3) is 0.625. The topological polar surface area (TPSA) is 120 Å². The molecule has 5 N–H and O–H groups in total. The van der Waals surface area contributed by atoms with E-state index < -0.39 is 37.3 Å². The molecule has 1 aromatic carbocycles. The molecule has 5 atom stereocenters. The molecule has 0 saturated carbocycles. The molecule has 0 radical (unpaired) electrons. The summed E-state index contributed by atoms with van der Waals surface area (Å²) in [6.45, 7) is 5.04. The van der Waals surface area contributed by atoms with Crippen LogP contribution in [0.15, 0.2) is 12.1 Å². The van der Waals surface area contributed by atoms with Gasteiger partial charge in [0.15, 0.2) is 0 Å². The van der Waals surface area contributed by atoms with Crippen LogP contribution in [0, 0.1) is 6.92 Å². The molecule has 1 saturated heterocycles. The third-order valence-electron chi connectivity index (χ3n) is 4.11. The maximum atomic E-state index is 10.0. The number of hydrogen-bond acceptors (Lipinski definition) is 7. The van der Waals surface area contributed by atoms with Crippen molar-refractivity contribution in [1.82, 2.24) is 0 Å². The third-order valence-corrected chi connectivity index (χ3v) is 4.11. The van der Waals surface area contributed by atoms with Crippen LogP contribution in [0.4, 0.5) is 0 Å². The quantitative estimate of drug-likeness (QED) is 0.528. The molecule has 1 aliphatic heterocycles. The summed E-state index contributed by atoms with van der Waals surface area (Å²) in [5.74, 6) is 0.507. The lowest BCUT2D eigenvalue weighted by Gasteiger charge is -2.39. The molecule has 1 fully saturated rings. The van der Waals surface area contributed by atoms with Crippen LogP contribution in [-0.2, 0) is 4.74 Å². The van der Waals surface area contributed by atoms with Crippen molar-refractivity contribution in [2.24, 2.45) is 0 Å². The molecule has 0 bridgehead atoms. The highest BCUT2D eigenvalue weighted by Gasteiger charge is 2.44. The Morgan fingerprint density at radius 1 is 1.13 bits per heavy atom. The molecular weight excluding hydrogens is 304 g/mol. The molecule has 7 heteroatoms. The summed E-state index contributed by atoms with van der Waals surface area (Å²) >= 11 is 0. The number of phenols is 1. The number of aromatic hydroxyl groups is 1. The molecule has 0 amide bonds. The zero-order chi connectivity index (χ0) is 17.3. The van der Waals surface area contributed by atoms with Crippen LogP contribution in [0.5, 0.6) is 11.5 Å². The Balaban J connectivity index is 2.27. The number of aliphatic hydroxyl groups is 4. The largest absolute Gasteiger partial charge is 0.508 e. The van der Waals surface area contributed by atoms with Crippen molar-refractivity contribution >= 4 is 0 Å². The minimum absolute atomic E-state index is 0.0517. The zero-order valence-corrected chi connectivity index (χ0v) is 13.4. The van der Waals surface area contributed by atoms with Crippen molar-refractivity contribution in [2.75, 3.05) is 6.61 Å². The van der Waals surface area contributed by atoms with Crippen LogP contribution in [0.2, 0.25) is 0 Å². The van der Waals surface area contributed by atoms with Gasteiger partial charge in [-0.15, -0.1) is 0 Å². The lowest BCUT2D eigenvalue weighted by atomic mass is 9.98. The average Bonchev–Trinajstić information content (AvgIpc) is 2.51. The molecule has 7 nitrogen and oxygen atoms in total. The van der Waals surface area contributed by atoms with E-state index in [0.717, 1.165) is 5.56 Å². The van der Waals surface area contributed by atoms with Gasteiger partial charge in [0.1, 0.15) is 35.9 Å². The van der Waals surface area contributed by atoms with E-state index >= 15 is 0 Å². The molecular formula is C16H24O7. The normalized spacial score (nSPS) is 31.4. The fourth-order valence-electron chi connectivity index (χ4n) is 2.44. The predicted molar refractivity (Wildman–Crippen MR) is 81.3 cm³/mol. The fourth-order valence-corrected chi connectivity index (χ4v) is 2.44. The molecule has 0 aromatic heterocycles. The molecule has 1 aliphatic rings. The molecule has 1 heterocycles. The highest BCUT2D eigenvalue weighted by atomic mass is 16.7. The van der Waals surface area contributed by atoms with E-state index in [2.05, 4.69) is 0 Å². The number of ether oxygens (including phenoxy) is 2. The van der Waals surface area contributed by atoms with Crippen molar-refractivity contribution in [3.63, 3.8) is 0 Å². The van der Waals surface area contributed by atoms with Gasteiger partial charge in [0.2, 0.25) is 6.29 Å². The first kappa shape index (κ1) is 18.0. The molecule has 130 valence electrons. The smallest absolute Gasteiger partial charge is 0.229 e. The van der Waals surface area contributed by atoms with Crippen LogP contribution < -0.4 is 4.74 Å². The van der Waals surface area contributed by atoms with Crippen LogP contribution in [0.1, 0.15) is 30.9 Å². The Bertz CT molecular complexity index is 543. The Hall–Kier alpha value is -1.38. The summed E-state index contributed by atoms with van der Waals surface area (Å²) < 4.78 is 10.9. The van der Waals surface area contributed by atoms with E-state index in [9.17, 15) is 25.5 Å². The lowest BCUT2D eigenvalue weighted by molar-refractivity contribution is -0.277. The maximum absolute atomic E-state index is 10.0. The summed E-state index contributed by atoms with van der Waals surface area (Å²) in [6.07, 6.45) is -6.75. The van der Waals surface area contributed by atoms with Crippen molar-refractivity contribution in [1.29, 1.82) is 0 Å². The van der Waals surface area contributed by atoms with Crippen LogP contribution >= 0.6 is 0 Å². The van der Waals surface area contributed by atoms with Gasteiger partial charge in [-0.3, -0.25) is 0 Å². The van der Waals surface area contributed by atoms with Gasteiger partial charge < -0.3 is 35.0 Å². The van der Waals surface area contributed by atoms with E-state index in [1.807, 2.05) is 13.8 Å². The second-order valence-corrected chi connectivity index (χ2v) is 6.13. The molecule has 23 heavy (non-hydrogen) atoms. The summed E-state index contributed by atoms with van der Waals surface area (Å²) in [6, 6.07) is 3.36. The summed E-state index contributed by atoms with van der Waals surface area (Å²) in [5.41, 5.74) is 1.30. The van der Waals surface area contributed by atoms with E-state index in [1.54, 1.807) is 19.1 Å². The Morgan fingerprint density at radius 2 is 1.78 bits per heavy atom. The van der Waals surface area contributed by atoms with Crippen molar-refractivity contribution < 1.29 is 35.0 Å². The number of hydrogen-bond donors (Lipinski definition) is 5. The molecule has 0 aliphatic carbocycles. The predicted octanol–water partition coefficient (Wildman–Crippen LogP) is 0.00272. The van der Waals surface area contributed by atoms with Gasteiger partial charge in [0, 0.05) is 5.56 Å².